The van der Waals surface area contributed by atoms with Gasteiger partial charge in [0, 0.05) is 0 Å². The van der Waals surface area contributed by atoms with Crippen molar-refractivity contribution < 1.29 is 0 Å². The van der Waals surface area contributed by atoms with E-state index in [-0.39, 0.29) is 0 Å². The third-order valence-corrected chi connectivity index (χ3v) is 8.68. The Bertz CT molecular complexity index is 1990. The Hall–Kier alpha value is -4.68. The van der Waals surface area contributed by atoms with Crippen LogP contribution in [0, 0.1) is 12.8 Å². The van der Waals surface area contributed by atoms with E-state index in [1.807, 2.05) is 0 Å². The van der Waals surface area contributed by atoms with Gasteiger partial charge in [-0.15, -0.1) is 0 Å². The van der Waals surface area contributed by atoms with Crippen molar-refractivity contribution in [3.8, 4) is 22.3 Å². The van der Waals surface area contributed by atoms with Crippen molar-refractivity contribution >= 4 is 37.9 Å². The fourth-order valence-corrected chi connectivity index (χ4v) is 6.59. The maximum atomic E-state index is 2.42. The monoisotopic (exact) mass is 526 g/mol. The maximum absolute atomic E-state index is 2.42. The number of aryl methyl sites for hydroxylation is 1. The smallest absolute Gasteiger partial charge is 0.00201 e. The molecule has 1 aliphatic rings. The summed E-state index contributed by atoms with van der Waals surface area (Å²) < 4.78 is 0. The van der Waals surface area contributed by atoms with Gasteiger partial charge < -0.3 is 0 Å². The SMILES string of the molecule is CCC1C=CC(C)=CC(c2cccc(-c3c4ccccc4c(-c4ccc(C)c5ccccc45)c4ccccc34)c2)=C1. The summed E-state index contributed by atoms with van der Waals surface area (Å²) in [6.45, 7) is 6.66. The average molecular weight is 527 g/mol. The van der Waals surface area contributed by atoms with E-state index in [2.05, 4.69) is 154 Å². The van der Waals surface area contributed by atoms with Crippen LogP contribution in [0.5, 0.6) is 0 Å². The zero-order valence-electron chi connectivity index (χ0n) is 24.0. The highest BCUT2D eigenvalue weighted by atomic mass is 14.2. The molecular formula is C41H34. The first kappa shape index (κ1) is 25.3. The molecule has 6 aromatic rings. The molecule has 0 aliphatic heterocycles. The van der Waals surface area contributed by atoms with Crippen molar-refractivity contribution in [2.24, 2.45) is 5.92 Å². The van der Waals surface area contributed by atoms with E-state index in [0.717, 1.165) is 6.42 Å². The van der Waals surface area contributed by atoms with E-state index in [4.69, 9.17) is 0 Å². The average Bonchev–Trinajstić information content (AvgIpc) is 3.21. The maximum Gasteiger partial charge on any atom is -0.00201 e. The molecule has 0 saturated carbocycles. The Morgan fingerprint density at radius 3 is 1.80 bits per heavy atom. The molecule has 0 heterocycles. The summed E-state index contributed by atoms with van der Waals surface area (Å²) in [6, 6.07) is 40.5. The van der Waals surface area contributed by atoms with Gasteiger partial charge in [-0.05, 0) is 104 Å². The Morgan fingerprint density at radius 2 is 1.15 bits per heavy atom. The molecule has 41 heavy (non-hydrogen) atoms. The summed E-state index contributed by atoms with van der Waals surface area (Å²) in [4.78, 5) is 0. The minimum atomic E-state index is 0.452. The summed E-state index contributed by atoms with van der Waals surface area (Å²) in [5.74, 6) is 0.452. The Morgan fingerprint density at radius 1 is 0.561 bits per heavy atom. The zero-order chi connectivity index (χ0) is 27.9. The van der Waals surface area contributed by atoms with Gasteiger partial charge in [0.15, 0.2) is 0 Å². The predicted octanol–water partition coefficient (Wildman–Crippen LogP) is 11.7. The standard InChI is InChI=1S/C41H34/c1-4-29-22-20-27(2)24-32(25-29)30-12-11-13-31(26-30)40-35-16-7-9-18-37(35)41(38-19-10-8-17-36(38)40)39-23-21-28(3)33-14-5-6-15-34(33)39/h5-26,29H,4H2,1-3H3. The molecule has 0 radical (unpaired) electrons. The van der Waals surface area contributed by atoms with E-state index in [1.54, 1.807) is 0 Å². The Labute approximate surface area is 243 Å². The van der Waals surface area contributed by atoms with Gasteiger partial charge in [0.2, 0.25) is 0 Å². The lowest BCUT2D eigenvalue weighted by atomic mass is 9.84. The van der Waals surface area contributed by atoms with Gasteiger partial charge in [-0.2, -0.15) is 0 Å². The van der Waals surface area contributed by atoms with E-state index in [9.17, 15) is 0 Å². The van der Waals surface area contributed by atoms with E-state index in [1.165, 1.54) is 76.8 Å². The first-order valence-electron chi connectivity index (χ1n) is 14.7. The molecule has 0 spiro atoms. The quantitative estimate of drug-likeness (QED) is 0.200. The van der Waals surface area contributed by atoms with E-state index in [0.29, 0.717) is 5.92 Å². The van der Waals surface area contributed by atoms with E-state index < -0.39 is 0 Å². The van der Waals surface area contributed by atoms with Crippen LogP contribution in [-0.2, 0) is 0 Å². The fraction of sp³-hybridized carbons (Fsp3) is 0.122. The first-order valence-corrected chi connectivity index (χ1v) is 14.7. The van der Waals surface area contributed by atoms with Crippen LogP contribution >= 0.6 is 0 Å². The van der Waals surface area contributed by atoms with Crippen LogP contribution in [0.2, 0.25) is 0 Å². The number of benzene rings is 6. The van der Waals surface area contributed by atoms with Crippen LogP contribution in [0.4, 0.5) is 0 Å². The van der Waals surface area contributed by atoms with Crippen molar-refractivity contribution in [3.05, 3.63) is 150 Å². The van der Waals surface area contributed by atoms with Crippen molar-refractivity contribution in [1.29, 1.82) is 0 Å². The van der Waals surface area contributed by atoms with Gasteiger partial charge in [-0.25, -0.2) is 0 Å². The van der Waals surface area contributed by atoms with Gasteiger partial charge >= 0.3 is 0 Å². The van der Waals surface area contributed by atoms with Crippen LogP contribution in [0.1, 0.15) is 31.4 Å². The molecule has 0 heteroatoms. The highest BCUT2D eigenvalue weighted by Gasteiger charge is 2.18. The van der Waals surface area contributed by atoms with E-state index >= 15 is 0 Å². The molecule has 0 fully saturated rings. The second kappa shape index (κ2) is 10.4. The molecule has 0 amide bonds. The van der Waals surface area contributed by atoms with Crippen molar-refractivity contribution in [3.63, 3.8) is 0 Å². The molecule has 0 nitrogen and oxygen atoms in total. The van der Waals surface area contributed by atoms with Crippen LogP contribution in [-0.4, -0.2) is 0 Å². The van der Waals surface area contributed by atoms with Gasteiger partial charge in [-0.1, -0.05) is 140 Å². The normalized spacial score (nSPS) is 15.2. The fourth-order valence-electron chi connectivity index (χ4n) is 6.59. The lowest BCUT2D eigenvalue weighted by Crippen LogP contribution is -1.93. The molecule has 0 N–H and O–H groups in total. The number of fused-ring (bicyclic) bond motifs is 3. The molecule has 1 unspecified atom stereocenters. The van der Waals surface area contributed by atoms with Crippen molar-refractivity contribution in [2.75, 3.05) is 0 Å². The number of hydrogen-bond acceptors (Lipinski definition) is 0. The number of rotatable bonds is 4. The Kier molecular flexibility index (Phi) is 6.40. The van der Waals surface area contributed by atoms with Gasteiger partial charge in [-0.3, -0.25) is 0 Å². The lowest BCUT2D eigenvalue weighted by molar-refractivity contribution is 0.776. The molecule has 0 aromatic heterocycles. The third kappa shape index (κ3) is 4.41. The topological polar surface area (TPSA) is 0 Å². The lowest BCUT2D eigenvalue weighted by Gasteiger charge is -2.19. The summed E-state index contributed by atoms with van der Waals surface area (Å²) in [5, 5.41) is 7.78. The summed E-state index contributed by atoms with van der Waals surface area (Å²) in [7, 11) is 0. The first-order chi connectivity index (χ1) is 20.1. The molecule has 0 bridgehead atoms. The van der Waals surface area contributed by atoms with Crippen LogP contribution < -0.4 is 0 Å². The van der Waals surface area contributed by atoms with Crippen molar-refractivity contribution in [2.45, 2.75) is 27.2 Å². The second-order valence-corrected chi connectivity index (χ2v) is 11.3. The summed E-state index contributed by atoms with van der Waals surface area (Å²) >= 11 is 0. The highest BCUT2D eigenvalue weighted by Crippen LogP contribution is 2.45. The third-order valence-electron chi connectivity index (χ3n) is 8.68. The molecule has 7 rings (SSSR count). The molecule has 198 valence electrons. The van der Waals surface area contributed by atoms with Gasteiger partial charge in [0.25, 0.3) is 0 Å². The molecule has 0 saturated heterocycles. The Balaban J connectivity index is 1.53. The van der Waals surface area contributed by atoms with Crippen LogP contribution in [0.3, 0.4) is 0 Å². The van der Waals surface area contributed by atoms with Crippen molar-refractivity contribution in [1.82, 2.24) is 0 Å². The zero-order valence-corrected chi connectivity index (χ0v) is 24.0. The number of hydrogen-bond donors (Lipinski definition) is 0. The van der Waals surface area contributed by atoms with Gasteiger partial charge in [0.1, 0.15) is 0 Å². The second-order valence-electron chi connectivity index (χ2n) is 11.3. The summed E-state index contributed by atoms with van der Waals surface area (Å²) in [6.07, 6.45) is 10.4. The van der Waals surface area contributed by atoms with Gasteiger partial charge in [0.05, 0.1) is 0 Å². The minimum absolute atomic E-state index is 0.452. The highest BCUT2D eigenvalue weighted by molar-refractivity contribution is 6.23. The summed E-state index contributed by atoms with van der Waals surface area (Å²) in [5.41, 5.74) is 10.3. The van der Waals surface area contributed by atoms with Crippen LogP contribution in [0.25, 0.3) is 60.1 Å². The molecular weight excluding hydrogens is 492 g/mol. The molecule has 1 atom stereocenters. The predicted molar refractivity (Wildman–Crippen MR) is 179 cm³/mol. The molecule has 1 aliphatic carbocycles. The number of allylic oxidation sites excluding steroid dienone is 6. The minimum Gasteiger partial charge on any atom is -0.0773 e. The largest absolute Gasteiger partial charge is 0.0773 e. The molecule has 6 aromatic carbocycles. The van der Waals surface area contributed by atoms with Crippen LogP contribution in [0.15, 0.2) is 139 Å².